The minimum absolute atomic E-state index is 0.550. The predicted octanol–water partition coefficient (Wildman–Crippen LogP) is 2.03. The first-order valence-corrected chi connectivity index (χ1v) is 7.29. The number of hydrogen-bond donors (Lipinski definition) is 2. The first-order chi connectivity index (χ1) is 10.6. The van der Waals surface area contributed by atoms with Crippen LogP contribution in [0, 0.1) is 5.92 Å². The Hall–Kier alpha value is -2.11. The number of benzene rings is 1. The lowest BCUT2D eigenvalue weighted by Gasteiger charge is -2.17. The molecule has 1 aromatic rings. The van der Waals surface area contributed by atoms with Gasteiger partial charge in [0.1, 0.15) is 0 Å². The van der Waals surface area contributed by atoms with Crippen LogP contribution in [-0.4, -0.2) is 40.9 Å². The highest BCUT2D eigenvalue weighted by Gasteiger charge is 2.15. The van der Waals surface area contributed by atoms with Gasteiger partial charge in [-0.3, -0.25) is 4.99 Å². The molecule has 0 aromatic heterocycles. The van der Waals surface area contributed by atoms with E-state index in [1.54, 1.807) is 28.4 Å². The molecule has 124 valence electrons. The smallest absolute Gasteiger partial charge is 0.203 e. The molecule has 0 aliphatic carbocycles. The van der Waals surface area contributed by atoms with Gasteiger partial charge in [-0.15, -0.1) is 0 Å². The van der Waals surface area contributed by atoms with E-state index in [0.29, 0.717) is 29.7 Å². The van der Waals surface area contributed by atoms with E-state index in [1.165, 1.54) is 0 Å². The summed E-state index contributed by atoms with van der Waals surface area (Å²) in [4.78, 5) is 4.20. The SMILES string of the molecule is CN=C(NCc1ccc(OC)c(OC)c1OC)NCC(C)C. The Morgan fingerprint density at radius 2 is 1.73 bits per heavy atom. The maximum atomic E-state index is 5.47. The molecular weight excluding hydrogens is 282 g/mol. The van der Waals surface area contributed by atoms with Crippen LogP contribution in [0.5, 0.6) is 17.2 Å². The number of aliphatic imine (C=N–C) groups is 1. The third-order valence-electron chi connectivity index (χ3n) is 3.13. The largest absolute Gasteiger partial charge is 0.493 e. The summed E-state index contributed by atoms with van der Waals surface area (Å²) >= 11 is 0. The van der Waals surface area contributed by atoms with Crippen LogP contribution in [-0.2, 0) is 6.54 Å². The molecule has 6 nitrogen and oxygen atoms in total. The molecule has 2 N–H and O–H groups in total. The first-order valence-electron chi connectivity index (χ1n) is 7.29. The summed E-state index contributed by atoms with van der Waals surface area (Å²) < 4.78 is 16.1. The van der Waals surface area contributed by atoms with E-state index >= 15 is 0 Å². The average Bonchev–Trinajstić information content (AvgIpc) is 2.53. The summed E-state index contributed by atoms with van der Waals surface area (Å²) in [5, 5.41) is 6.54. The second-order valence-electron chi connectivity index (χ2n) is 5.19. The van der Waals surface area contributed by atoms with E-state index in [-0.39, 0.29) is 0 Å². The number of hydrogen-bond acceptors (Lipinski definition) is 4. The molecule has 0 saturated heterocycles. The number of nitrogens with one attached hydrogen (secondary N) is 2. The quantitative estimate of drug-likeness (QED) is 0.596. The van der Waals surface area contributed by atoms with E-state index in [0.717, 1.165) is 18.1 Å². The highest BCUT2D eigenvalue weighted by molar-refractivity contribution is 5.79. The molecule has 0 saturated carbocycles. The molecule has 1 rings (SSSR count). The number of ether oxygens (including phenoxy) is 3. The Kier molecular flexibility index (Phi) is 7.36. The Labute approximate surface area is 132 Å². The first kappa shape index (κ1) is 17.9. The molecule has 0 atom stereocenters. The average molecular weight is 309 g/mol. The molecule has 1 aromatic carbocycles. The fraction of sp³-hybridized carbons (Fsp3) is 0.562. The van der Waals surface area contributed by atoms with Crippen molar-refractivity contribution < 1.29 is 14.2 Å². The zero-order valence-corrected chi connectivity index (χ0v) is 14.3. The summed E-state index contributed by atoms with van der Waals surface area (Å²) in [7, 11) is 6.57. The van der Waals surface area contributed by atoms with E-state index in [4.69, 9.17) is 14.2 Å². The van der Waals surface area contributed by atoms with E-state index in [1.807, 2.05) is 12.1 Å². The number of rotatable bonds is 7. The van der Waals surface area contributed by atoms with Crippen LogP contribution in [0.3, 0.4) is 0 Å². The van der Waals surface area contributed by atoms with Crippen molar-refractivity contribution in [2.45, 2.75) is 20.4 Å². The van der Waals surface area contributed by atoms with Crippen molar-refractivity contribution in [1.82, 2.24) is 10.6 Å². The van der Waals surface area contributed by atoms with Gasteiger partial charge in [0.15, 0.2) is 17.5 Å². The summed E-state index contributed by atoms with van der Waals surface area (Å²) in [6, 6.07) is 3.81. The fourth-order valence-electron chi connectivity index (χ4n) is 2.00. The summed E-state index contributed by atoms with van der Waals surface area (Å²) in [5.41, 5.74) is 0.965. The second-order valence-corrected chi connectivity index (χ2v) is 5.19. The number of guanidine groups is 1. The van der Waals surface area contributed by atoms with Gasteiger partial charge in [-0.1, -0.05) is 13.8 Å². The van der Waals surface area contributed by atoms with E-state index in [9.17, 15) is 0 Å². The third-order valence-corrected chi connectivity index (χ3v) is 3.13. The topological polar surface area (TPSA) is 64.1 Å². The summed E-state index contributed by atoms with van der Waals surface area (Å²) in [6.45, 7) is 5.74. The van der Waals surface area contributed by atoms with Crippen molar-refractivity contribution in [2.24, 2.45) is 10.9 Å². The van der Waals surface area contributed by atoms with Gasteiger partial charge >= 0.3 is 0 Å². The van der Waals surface area contributed by atoms with Crippen LogP contribution in [0.2, 0.25) is 0 Å². The molecule has 0 heterocycles. The van der Waals surface area contributed by atoms with Crippen molar-refractivity contribution in [3.05, 3.63) is 17.7 Å². The zero-order chi connectivity index (χ0) is 16.5. The number of nitrogens with zero attached hydrogens (tertiary/aromatic N) is 1. The number of methoxy groups -OCH3 is 3. The highest BCUT2D eigenvalue weighted by atomic mass is 16.5. The molecule has 22 heavy (non-hydrogen) atoms. The van der Waals surface area contributed by atoms with Crippen molar-refractivity contribution in [2.75, 3.05) is 34.9 Å². The third kappa shape index (κ3) is 4.72. The maximum absolute atomic E-state index is 5.47. The maximum Gasteiger partial charge on any atom is 0.203 e. The lowest BCUT2D eigenvalue weighted by molar-refractivity contribution is 0.322. The minimum atomic E-state index is 0.550. The second kappa shape index (κ2) is 9.02. The Morgan fingerprint density at radius 3 is 2.23 bits per heavy atom. The van der Waals surface area contributed by atoms with E-state index < -0.39 is 0 Å². The lowest BCUT2D eigenvalue weighted by Crippen LogP contribution is -2.38. The Morgan fingerprint density at radius 1 is 1.05 bits per heavy atom. The Balaban J connectivity index is 2.85. The standard InChI is InChI=1S/C16H27N3O3/c1-11(2)9-18-16(17-3)19-10-12-7-8-13(20-4)15(22-6)14(12)21-5/h7-8,11H,9-10H2,1-6H3,(H2,17,18,19). The van der Waals surface area contributed by atoms with Gasteiger partial charge in [-0.25, -0.2) is 0 Å². The van der Waals surface area contributed by atoms with Crippen LogP contribution in [0.4, 0.5) is 0 Å². The predicted molar refractivity (Wildman–Crippen MR) is 89.1 cm³/mol. The molecule has 0 spiro atoms. The summed E-state index contributed by atoms with van der Waals surface area (Å²) in [5.74, 6) is 3.20. The zero-order valence-electron chi connectivity index (χ0n) is 14.3. The van der Waals surface area contributed by atoms with Crippen molar-refractivity contribution >= 4 is 5.96 Å². The normalized spacial score (nSPS) is 11.3. The molecular formula is C16H27N3O3. The van der Waals surface area contributed by atoms with E-state index in [2.05, 4.69) is 29.5 Å². The van der Waals surface area contributed by atoms with Crippen molar-refractivity contribution in [3.8, 4) is 17.2 Å². The van der Waals surface area contributed by atoms with Crippen LogP contribution < -0.4 is 24.8 Å². The van der Waals surface area contributed by atoms with Gasteiger partial charge in [-0.05, 0) is 18.1 Å². The minimum Gasteiger partial charge on any atom is -0.493 e. The van der Waals surface area contributed by atoms with Crippen LogP contribution in [0.25, 0.3) is 0 Å². The van der Waals surface area contributed by atoms with Gasteiger partial charge in [0, 0.05) is 25.7 Å². The van der Waals surface area contributed by atoms with Gasteiger partial charge in [0.05, 0.1) is 21.3 Å². The van der Waals surface area contributed by atoms with Crippen molar-refractivity contribution in [3.63, 3.8) is 0 Å². The molecule has 0 radical (unpaired) electrons. The van der Waals surface area contributed by atoms with Crippen LogP contribution in [0.15, 0.2) is 17.1 Å². The monoisotopic (exact) mass is 309 g/mol. The van der Waals surface area contributed by atoms with Gasteiger partial charge in [-0.2, -0.15) is 0 Å². The molecule has 0 aliphatic rings. The molecule has 0 unspecified atom stereocenters. The van der Waals surface area contributed by atoms with Gasteiger partial charge < -0.3 is 24.8 Å². The fourth-order valence-corrected chi connectivity index (χ4v) is 2.00. The van der Waals surface area contributed by atoms with Crippen LogP contribution >= 0.6 is 0 Å². The lowest BCUT2D eigenvalue weighted by atomic mass is 10.1. The molecule has 0 fully saturated rings. The van der Waals surface area contributed by atoms with Gasteiger partial charge in [0.25, 0.3) is 0 Å². The molecule has 6 heteroatoms. The molecule has 0 aliphatic heterocycles. The Bertz CT molecular complexity index is 502. The van der Waals surface area contributed by atoms with Gasteiger partial charge in [0.2, 0.25) is 5.75 Å². The molecule has 0 amide bonds. The molecule has 0 bridgehead atoms. The summed E-state index contributed by atoms with van der Waals surface area (Å²) in [6.07, 6.45) is 0. The van der Waals surface area contributed by atoms with Crippen LogP contribution in [0.1, 0.15) is 19.4 Å². The van der Waals surface area contributed by atoms with Crippen molar-refractivity contribution in [1.29, 1.82) is 0 Å². The highest BCUT2D eigenvalue weighted by Crippen LogP contribution is 2.39.